The number of amides is 1. The summed E-state index contributed by atoms with van der Waals surface area (Å²) in [5.74, 6) is 0.693. The van der Waals surface area contributed by atoms with Gasteiger partial charge in [0.2, 0.25) is 0 Å². The quantitative estimate of drug-likeness (QED) is 0.721. The van der Waals surface area contributed by atoms with Gasteiger partial charge in [-0.3, -0.25) is 4.79 Å². The second-order valence-corrected chi connectivity index (χ2v) is 9.20. The summed E-state index contributed by atoms with van der Waals surface area (Å²) in [7, 11) is 1.78. The van der Waals surface area contributed by atoms with Crippen molar-refractivity contribution in [3.63, 3.8) is 0 Å². The minimum Gasteiger partial charge on any atom is -0.490 e. The SMILES string of the molecule is CC(c1ccon1)N(C)C(=O)c1cccc(OC2CCN(CC(C)(C)C)CC2)c1. The second kappa shape index (κ2) is 8.99. The van der Waals surface area contributed by atoms with Gasteiger partial charge in [0.1, 0.15) is 23.8 Å². The van der Waals surface area contributed by atoms with Crippen LogP contribution in [-0.4, -0.2) is 53.6 Å². The zero-order valence-corrected chi connectivity index (χ0v) is 18.2. The van der Waals surface area contributed by atoms with E-state index in [1.165, 1.54) is 6.26 Å². The molecule has 1 amide bonds. The zero-order valence-electron chi connectivity index (χ0n) is 18.2. The number of benzene rings is 1. The van der Waals surface area contributed by atoms with Gasteiger partial charge in [-0.05, 0) is 43.4 Å². The lowest BCUT2D eigenvalue weighted by Gasteiger charge is -2.36. The standard InChI is InChI=1S/C23H33N3O3/c1-17(21-11-14-28-24-21)25(5)22(27)18-7-6-8-20(15-18)29-19-9-12-26(13-10-19)16-23(2,3)4/h6-8,11,14-15,17,19H,9-10,12-13,16H2,1-5H3. The van der Waals surface area contributed by atoms with Crippen molar-refractivity contribution in [1.82, 2.24) is 15.0 Å². The molecule has 0 N–H and O–H groups in total. The summed E-state index contributed by atoms with van der Waals surface area (Å²) in [6.07, 6.45) is 3.74. The summed E-state index contributed by atoms with van der Waals surface area (Å²) in [6, 6.07) is 9.09. The van der Waals surface area contributed by atoms with E-state index < -0.39 is 0 Å². The number of hydrogen-bond acceptors (Lipinski definition) is 5. The number of hydrogen-bond donors (Lipinski definition) is 0. The molecule has 6 nitrogen and oxygen atoms in total. The zero-order chi connectivity index (χ0) is 21.0. The molecular formula is C23H33N3O3. The summed E-state index contributed by atoms with van der Waals surface area (Å²) in [5.41, 5.74) is 1.66. The average Bonchev–Trinajstić information content (AvgIpc) is 3.22. The Labute approximate surface area is 173 Å². The van der Waals surface area contributed by atoms with Crippen molar-refractivity contribution in [2.75, 3.05) is 26.7 Å². The molecule has 0 radical (unpaired) electrons. The van der Waals surface area contributed by atoms with Crippen molar-refractivity contribution in [3.8, 4) is 5.75 Å². The summed E-state index contributed by atoms with van der Waals surface area (Å²) in [5, 5.41) is 3.94. The van der Waals surface area contributed by atoms with Crippen LogP contribution in [0.15, 0.2) is 41.1 Å². The van der Waals surface area contributed by atoms with Gasteiger partial charge in [-0.2, -0.15) is 0 Å². The van der Waals surface area contributed by atoms with E-state index in [2.05, 4.69) is 30.8 Å². The first kappa shape index (κ1) is 21.4. The maximum atomic E-state index is 12.9. The third kappa shape index (κ3) is 5.82. The molecule has 0 saturated carbocycles. The van der Waals surface area contributed by atoms with E-state index in [0.29, 0.717) is 11.0 Å². The predicted molar refractivity (Wildman–Crippen MR) is 113 cm³/mol. The van der Waals surface area contributed by atoms with Gasteiger partial charge >= 0.3 is 0 Å². The topological polar surface area (TPSA) is 58.8 Å². The molecule has 1 fully saturated rings. The highest BCUT2D eigenvalue weighted by Gasteiger charge is 2.25. The van der Waals surface area contributed by atoms with Crippen LogP contribution in [0.4, 0.5) is 0 Å². The first-order valence-electron chi connectivity index (χ1n) is 10.4. The monoisotopic (exact) mass is 399 g/mol. The van der Waals surface area contributed by atoms with Crippen molar-refractivity contribution in [2.24, 2.45) is 5.41 Å². The fourth-order valence-corrected chi connectivity index (χ4v) is 3.77. The summed E-state index contributed by atoms with van der Waals surface area (Å²) >= 11 is 0. The normalized spacial score (nSPS) is 17.1. The van der Waals surface area contributed by atoms with Crippen molar-refractivity contribution in [2.45, 2.75) is 52.7 Å². The molecule has 2 heterocycles. The number of aromatic nitrogens is 1. The van der Waals surface area contributed by atoms with E-state index in [4.69, 9.17) is 9.26 Å². The van der Waals surface area contributed by atoms with E-state index >= 15 is 0 Å². The highest BCUT2D eigenvalue weighted by atomic mass is 16.5. The molecule has 0 aliphatic carbocycles. The molecule has 1 aromatic carbocycles. The summed E-state index contributed by atoms with van der Waals surface area (Å²) < 4.78 is 11.1. The largest absolute Gasteiger partial charge is 0.490 e. The molecule has 1 aromatic heterocycles. The van der Waals surface area contributed by atoms with Crippen LogP contribution in [0.2, 0.25) is 0 Å². The van der Waals surface area contributed by atoms with Crippen LogP contribution in [0.1, 0.15) is 62.6 Å². The molecule has 0 spiro atoms. The third-order valence-electron chi connectivity index (χ3n) is 5.40. The highest BCUT2D eigenvalue weighted by Crippen LogP contribution is 2.25. The lowest BCUT2D eigenvalue weighted by atomic mass is 9.94. The molecule has 1 saturated heterocycles. The Morgan fingerprint density at radius 3 is 2.66 bits per heavy atom. The first-order chi connectivity index (χ1) is 13.7. The molecule has 3 rings (SSSR count). The summed E-state index contributed by atoms with van der Waals surface area (Å²) in [4.78, 5) is 17.1. The molecule has 2 aromatic rings. The molecule has 158 valence electrons. The Kier molecular flexibility index (Phi) is 6.63. The number of rotatable bonds is 6. The van der Waals surface area contributed by atoms with E-state index in [1.54, 1.807) is 18.0 Å². The van der Waals surface area contributed by atoms with Gasteiger partial charge in [-0.1, -0.05) is 32.0 Å². The Morgan fingerprint density at radius 2 is 2.03 bits per heavy atom. The smallest absolute Gasteiger partial charge is 0.254 e. The predicted octanol–water partition coefficient (Wildman–Crippen LogP) is 4.40. The number of ether oxygens (including phenoxy) is 1. The molecule has 1 atom stereocenters. The molecule has 6 heteroatoms. The van der Waals surface area contributed by atoms with Gasteiger partial charge in [0.25, 0.3) is 5.91 Å². The lowest BCUT2D eigenvalue weighted by Crippen LogP contribution is -2.42. The van der Waals surface area contributed by atoms with Gasteiger partial charge in [0.15, 0.2) is 0 Å². The van der Waals surface area contributed by atoms with Gasteiger partial charge in [-0.15, -0.1) is 0 Å². The Bertz CT molecular complexity index is 790. The van der Waals surface area contributed by atoms with Crippen LogP contribution in [0, 0.1) is 5.41 Å². The van der Waals surface area contributed by atoms with E-state index in [9.17, 15) is 4.79 Å². The van der Waals surface area contributed by atoms with Crippen LogP contribution in [0.3, 0.4) is 0 Å². The fourth-order valence-electron chi connectivity index (χ4n) is 3.77. The van der Waals surface area contributed by atoms with Crippen LogP contribution in [0.25, 0.3) is 0 Å². The first-order valence-corrected chi connectivity index (χ1v) is 10.4. The van der Waals surface area contributed by atoms with Gasteiger partial charge in [-0.25, -0.2) is 0 Å². The Hall–Kier alpha value is -2.34. The maximum absolute atomic E-state index is 12.9. The van der Waals surface area contributed by atoms with Gasteiger partial charge < -0.3 is 19.1 Å². The number of likely N-dealkylation sites (tertiary alicyclic amines) is 1. The number of carbonyl (C=O) groups excluding carboxylic acids is 1. The Morgan fingerprint density at radius 1 is 1.31 bits per heavy atom. The molecule has 29 heavy (non-hydrogen) atoms. The Balaban J connectivity index is 1.58. The molecule has 1 unspecified atom stereocenters. The van der Waals surface area contributed by atoms with Crippen molar-refractivity contribution in [3.05, 3.63) is 47.9 Å². The van der Waals surface area contributed by atoms with Crippen LogP contribution in [0.5, 0.6) is 5.75 Å². The number of nitrogens with zero attached hydrogens (tertiary/aromatic N) is 3. The second-order valence-electron chi connectivity index (χ2n) is 9.20. The van der Waals surface area contributed by atoms with Gasteiger partial charge in [0.05, 0.1) is 6.04 Å². The lowest BCUT2D eigenvalue weighted by molar-refractivity contribution is 0.0731. The molecule has 0 bridgehead atoms. The average molecular weight is 400 g/mol. The number of piperidine rings is 1. The highest BCUT2D eigenvalue weighted by molar-refractivity contribution is 5.94. The van der Waals surface area contributed by atoms with E-state index in [0.717, 1.165) is 43.9 Å². The van der Waals surface area contributed by atoms with Crippen molar-refractivity contribution in [1.29, 1.82) is 0 Å². The van der Waals surface area contributed by atoms with Crippen LogP contribution in [-0.2, 0) is 0 Å². The minimum absolute atomic E-state index is 0.0639. The van der Waals surface area contributed by atoms with Crippen molar-refractivity contribution >= 4 is 5.91 Å². The van der Waals surface area contributed by atoms with Gasteiger partial charge in [0, 0.05) is 38.3 Å². The van der Waals surface area contributed by atoms with E-state index in [1.807, 2.05) is 31.2 Å². The molecular weight excluding hydrogens is 366 g/mol. The van der Waals surface area contributed by atoms with Crippen LogP contribution < -0.4 is 4.74 Å². The van der Waals surface area contributed by atoms with E-state index in [-0.39, 0.29) is 18.1 Å². The molecule has 1 aliphatic rings. The van der Waals surface area contributed by atoms with Crippen LogP contribution >= 0.6 is 0 Å². The fraction of sp³-hybridized carbons (Fsp3) is 0.565. The van der Waals surface area contributed by atoms with Crippen molar-refractivity contribution < 1.29 is 14.1 Å². The maximum Gasteiger partial charge on any atom is 0.254 e. The summed E-state index contributed by atoms with van der Waals surface area (Å²) in [6.45, 7) is 12.0. The third-order valence-corrected chi connectivity index (χ3v) is 5.40. The minimum atomic E-state index is -0.169. The molecule has 1 aliphatic heterocycles. The number of carbonyl (C=O) groups is 1.